The van der Waals surface area contributed by atoms with E-state index < -0.39 is 0 Å². The molecular weight excluding hydrogens is 288 g/mol. The highest BCUT2D eigenvalue weighted by Gasteiger charge is 2.06. The zero-order valence-corrected chi connectivity index (χ0v) is 13.3. The van der Waals surface area contributed by atoms with E-state index in [9.17, 15) is 4.79 Å². The number of hydrogen-bond acceptors (Lipinski definition) is 2. The second kappa shape index (κ2) is 6.57. The number of fused-ring (bicyclic) bond motifs is 1. The summed E-state index contributed by atoms with van der Waals surface area (Å²) in [6.07, 6.45) is 0. The highest BCUT2D eigenvalue weighted by Crippen LogP contribution is 2.15. The van der Waals surface area contributed by atoms with Crippen LogP contribution in [-0.2, 0) is 13.1 Å². The standard InChI is InChI=1S/C19H20N2O2/c1-13-9-18(14(2)23-13)12-21-19(22)20-11-15-7-8-16-5-3-4-6-17(16)10-15/h3-10H,11-12H2,1-2H3,(H2,20,21,22). The van der Waals surface area contributed by atoms with Crippen molar-refractivity contribution in [1.29, 1.82) is 0 Å². The van der Waals surface area contributed by atoms with Crippen LogP contribution in [0.3, 0.4) is 0 Å². The molecule has 4 heteroatoms. The Bertz CT molecular complexity index is 836. The van der Waals surface area contributed by atoms with Gasteiger partial charge in [-0.3, -0.25) is 0 Å². The summed E-state index contributed by atoms with van der Waals surface area (Å²) in [4.78, 5) is 11.9. The lowest BCUT2D eigenvalue weighted by atomic mass is 10.1. The summed E-state index contributed by atoms with van der Waals surface area (Å²) >= 11 is 0. The van der Waals surface area contributed by atoms with Crippen molar-refractivity contribution in [2.24, 2.45) is 0 Å². The molecule has 0 radical (unpaired) electrons. The van der Waals surface area contributed by atoms with Crippen LogP contribution in [0.2, 0.25) is 0 Å². The van der Waals surface area contributed by atoms with Crippen LogP contribution in [0.1, 0.15) is 22.6 Å². The van der Waals surface area contributed by atoms with Gasteiger partial charge >= 0.3 is 6.03 Å². The SMILES string of the molecule is Cc1cc(CNC(=O)NCc2ccc3ccccc3c2)c(C)o1. The van der Waals surface area contributed by atoms with E-state index in [4.69, 9.17) is 4.42 Å². The topological polar surface area (TPSA) is 54.3 Å². The summed E-state index contributed by atoms with van der Waals surface area (Å²) < 4.78 is 5.45. The van der Waals surface area contributed by atoms with Gasteiger partial charge in [-0.15, -0.1) is 0 Å². The Labute approximate surface area is 135 Å². The van der Waals surface area contributed by atoms with Crippen molar-refractivity contribution in [2.75, 3.05) is 0 Å². The van der Waals surface area contributed by atoms with Gasteiger partial charge in [-0.1, -0.05) is 36.4 Å². The van der Waals surface area contributed by atoms with E-state index in [2.05, 4.69) is 34.9 Å². The lowest BCUT2D eigenvalue weighted by molar-refractivity contribution is 0.240. The number of rotatable bonds is 4. The largest absolute Gasteiger partial charge is 0.466 e. The lowest BCUT2D eigenvalue weighted by Crippen LogP contribution is -2.34. The van der Waals surface area contributed by atoms with Gasteiger partial charge in [0.1, 0.15) is 11.5 Å². The second-order valence-electron chi connectivity index (χ2n) is 5.66. The van der Waals surface area contributed by atoms with Crippen molar-refractivity contribution in [3.63, 3.8) is 0 Å². The Morgan fingerprint density at radius 1 is 0.957 bits per heavy atom. The second-order valence-corrected chi connectivity index (χ2v) is 5.66. The molecule has 0 bridgehead atoms. The minimum absolute atomic E-state index is 0.184. The van der Waals surface area contributed by atoms with Crippen LogP contribution < -0.4 is 10.6 Å². The van der Waals surface area contributed by atoms with Gasteiger partial charge < -0.3 is 15.1 Å². The monoisotopic (exact) mass is 308 g/mol. The van der Waals surface area contributed by atoms with E-state index in [-0.39, 0.29) is 6.03 Å². The first-order valence-corrected chi connectivity index (χ1v) is 7.67. The molecule has 2 amide bonds. The molecule has 2 aromatic carbocycles. The number of benzene rings is 2. The highest BCUT2D eigenvalue weighted by molar-refractivity contribution is 5.83. The molecule has 0 unspecified atom stereocenters. The van der Waals surface area contributed by atoms with Gasteiger partial charge in [-0.2, -0.15) is 0 Å². The number of nitrogens with one attached hydrogen (secondary N) is 2. The number of carbonyl (C=O) groups excluding carboxylic acids is 1. The molecule has 0 spiro atoms. The molecule has 1 heterocycles. The van der Waals surface area contributed by atoms with Gasteiger partial charge in [0.15, 0.2) is 0 Å². The zero-order valence-electron chi connectivity index (χ0n) is 13.3. The van der Waals surface area contributed by atoms with E-state index in [1.807, 2.05) is 38.1 Å². The number of hydrogen-bond donors (Lipinski definition) is 2. The average Bonchev–Trinajstić information content (AvgIpc) is 2.88. The van der Waals surface area contributed by atoms with E-state index in [0.717, 1.165) is 22.6 Å². The van der Waals surface area contributed by atoms with Crippen LogP contribution in [0, 0.1) is 13.8 Å². The normalized spacial score (nSPS) is 10.7. The third-order valence-electron chi connectivity index (χ3n) is 3.85. The fourth-order valence-electron chi connectivity index (χ4n) is 2.63. The van der Waals surface area contributed by atoms with Gasteiger partial charge in [-0.25, -0.2) is 4.79 Å². The maximum Gasteiger partial charge on any atom is 0.315 e. The molecule has 0 fully saturated rings. The predicted octanol–water partition coefficient (Wildman–Crippen LogP) is 4.05. The van der Waals surface area contributed by atoms with Crippen LogP contribution in [0.4, 0.5) is 4.79 Å². The van der Waals surface area contributed by atoms with Crippen molar-refractivity contribution in [2.45, 2.75) is 26.9 Å². The zero-order chi connectivity index (χ0) is 16.2. The predicted molar refractivity (Wildman–Crippen MR) is 91.2 cm³/mol. The summed E-state index contributed by atoms with van der Waals surface area (Å²) in [5.41, 5.74) is 2.08. The Morgan fingerprint density at radius 2 is 1.70 bits per heavy atom. The Hall–Kier alpha value is -2.75. The summed E-state index contributed by atoms with van der Waals surface area (Å²) in [5, 5.41) is 8.11. The maximum atomic E-state index is 11.9. The lowest BCUT2D eigenvalue weighted by Gasteiger charge is -2.08. The molecule has 118 valence electrons. The molecule has 23 heavy (non-hydrogen) atoms. The van der Waals surface area contributed by atoms with Crippen LogP contribution in [0.5, 0.6) is 0 Å². The molecule has 0 saturated heterocycles. The van der Waals surface area contributed by atoms with Crippen molar-refractivity contribution in [1.82, 2.24) is 10.6 Å². The first-order chi connectivity index (χ1) is 11.1. The Kier molecular flexibility index (Phi) is 4.33. The van der Waals surface area contributed by atoms with Gasteiger partial charge in [0.2, 0.25) is 0 Å². The number of carbonyl (C=O) groups is 1. The Balaban J connectivity index is 1.54. The third-order valence-corrected chi connectivity index (χ3v) is 3.85. The molecule has 0 saturated carbocycles. The minimum atomic E-state index is -0.184. The number of furan rings is 1. The van der Waals surface area contributed by atoms with Crippen LogP contribution in [0.15, 0.2) is 52.9 Å². The Morgan fingerprint density at radius 3 is 2.43 bits per heavy atom. The van der Waals surface area contributed by atoms with Crippen LogP contribution in [0.25, 0.3) is 10.8 Å². The first-order valence-electron chi connectivity index (χ1n) is 7.67. The molecule has 3 aromatic rings. The van der Waals surface area contributed by atoms with Gasteiger partial charge in [0, 0.05) is 18.7 Å². The van der Waals surface area contributed by atoms with Crippen molar-refractivity contribution in [3.05, 3.63) is 71.2 Å². The fourth-order valence-corrected chi connectivity index (χ4v) is 2.63. The van der Waals surface area contributed by atoms with Gasteiger partial charge in [0.25, 0.3) is 0 Å². The number of aryl methyl sites for hydroxylation is 2. The van der Waals surface area contributed by atoms with Gasteiger partial charge in [-0.05, 0) is 42.3 Å². The summed E-state index contributed by atoms with van der Waals surface area (Å²) in [6, 6.07) is 16.1. The van der Waals surface area contributed by atoms with E-state index in [1.165, 1.54) is 10.8 Å². The highest BCUT2D eigenvalue weighted by atomic mass is 16.3. The smallest absolute Gasteiger partial charge is 0.315 e. The minimum Gasteiger partial charge on any atom is -0.466 e. The molecule has 1 aromatic heterocycles. The molecule has 2 N–H and O–H groups in total. The van der Waals surface area contributed by atoms with Gasteiger partial charge in [0.05, 0.1) is 0 Å². The molecule has 0 aliphatic heterocycles. The molecular formula is C19H20N2O2. The average molecular weight is 308 g/mol. The fraction of sp³-hybridized carbons (Fsp3) is 0.211. The van der Waals surface area contributed by atoms with Crippen molar-refractivity contribution >= 4 is 16.8 Å². The van der Waals surface area contributed by atoms with Crippen molar-refractivity contribution in [3.8, 4) is 0 Å². The molecule has 0 aliphatic carbocycles. The van der Waals surface area contributed by atoms with Crippen molar-refractivity contribution < 1.29 is 9.21 Å². The van der Waals surface area contributed by atoms with E-state index in [0.29, 0.717) is 13.1 Å². The summed E-state index contributed by atoms with van der Waals surface area (Å²) in [6.45, 7) is 4.76. The summed E-state index contributed by atoms with van der Waals surface area (Å²) in [5.74, 6) is 1.70. The molecule has 3 rings (SSSR count). The number of amides is 2. The maximum absolute atomic E-state index is 11.9. The van der Waals surface area contributed by atoms with Crippen LogP contribution in [-0.4, -0.2) is 6.03 Å². The third kappa shape index (κ3) is 3.72. The van der Waals surface area contributed by atoms with E-state index >= 15 is 0 Å². The summed E-state index contributed by atoms with van der Waals surface area (Å²) in [7, 11) is 0. The molecule has 0 aliphatic rings. The number of urea groups is 1. The quantitative estimate of drug-likeness (QED) is 0.764. The van der Waals surface area contributed by atoms with E-state index in [1.54, 1.807) is 0 Å². The van der Waals surface area contributed by atoms with Crippen LogP contribution >= 0.6 is 0 Å². The molecule has 4 nitrogen and oxygen atoms in total. The molecule has 0 atom stereocenters. The first kappa shape index (κ1) is 15.2.